The Morgan fingerprint density at radius 3 is 1.09 bits per heavy atom. The summed E-state index contributed by atoms with van der Waals surface area (Å²) in [6.45, 7) is 2.15. The molecule has 0 amide bonds. The monoisotopic (exact) mass is 432 g/mol. The minimum Gasteiger partial charge on any atom is -0.508 e. The van der Waals surface area contributed by atoms with Gasteiger partial charge in [-0.2, -0.15) is 0 Å². The first-order valence-electron chi connectivity index (χ1n) is 10.5. The topological polar surface area (TPSA) is 80.9 Å². The van der Waals surface area contributed by atoms with E-state index in [-0.39, 0.29) is 0 Å². The summed E-state index contributed by atoms with van der Waals surface area (Å²) in [6, 6.07) is 33.7. The summed E-state index contributed by atoms with van der Waals surface area (Å²) in [4.78, 5) is 0. The van der Waals surface area contributed by atoms with Crippen LogP contribution in [0.5, 0.6) is 23.0 Å². The predicted octanol–water partition coefficient (Wildman–Crippen LogP) is 6.91. The lowest BCUT2D eigenvalue weighted by Gasteiger charge is -2.01. The van der Waals surface area contributed by atoms with Crippen LogP contribution in [-0.4, -0.2) is 20.4 Å². The molecule has 0 fully saturated rings. The highest BCUT2D eigenvalue weighted by Gasteiger charge is 1.96. The van der Waals surface area contributed by atoms with Crippen LogP contribution in [0, 0.1) is 0 Å². The van der Waals surface area contributed by atoms with Crippen molar-refractivity contribution in [2.45, 2.75) is 26.2 Å². The third-order valence-electron chi connectivity index (χ3n) is 4.06. The molecule has 0 bridgehead atoms. The maximum absolute atomic E-state index is 9.34. The lowest BCUT2D eigenvalue weighted by molar-refractivity contribution is 0.467. The summed E-state index contributed by atoms with van der Waals surface area (Å²) >= 11 is 0. The van der Waals surface area contributed by atoms with Gasteiger partial charge in [0.25, 0.3) is 0 Å². The Balaban J connectivity index is 0.000000218. The number of benzene rings is 4. The van der Waals surface area contributed by atoms with Gasteiger partial charge in [-0.3, -0.25) is 0 Å². The van der Waals surface area contributed by atoms with E-state index in [2.05, 4.69) is 6.92 Å². The number of phenolic OH excluding ortho intramolecular Hbond substituents is 4. The molecule has 0 heterocycles. The molecule has 0 saturated heterocycles. The van der Waals surface area contributed by atoms with Crippen LogP contribution in [-0.2, 0) is 6.42 Å². The first kappa shape index (κ1) is 26.1. The maximum atomic E-state index is 9.34. The Kier molecular flexibility index (Phi) is 13.7. The van der Waals surface area contributed by atoms with Gasteiger partial charge in [0.05, 0.1) is 0 Å². The molecule has 4 heteroatoms. The van der Waals surface area contributed by atoms with E-state index < -0.39 is 0 Å². The lowest BCUT2D eigenvalue weighted by Crippen LogP contribution is -1.83. The molecule has 0 unspecified atom stereocenters. The Labute approximate surface area is 190 Å². The molecule has 0 atom stereocenters. The van der Waals surface area contributed by atoms with Gasteiger partial charge in [0.1, 0.15) is 23.0 Å². The second-order valence-electron chi connectivity index (χ2n) is 6.74. The Morgan fingerprint density at radius 2 is 0.812 bits per heavy atom. The molecule has 4 rings (SSSR count). The highest BCUT2D eigenvalue weighted by molar-refractivity contribution is 5.31. The van der Waals surface area contributed by atoms with Crippen molar-refractivity contribution in [3.8, 4) is 23.0 Å². The Hall–Kier alpha value is -3.92. The number of hydrogen-bond acceptors (Lipinski definition) is 4. The van der Waals surface area contributed by atoms with Crippen LogP contribution < -0.4 is 0 Å². The molecule has 0 saturated carbocycles. The first-order valence-corrected chi connectivity index (χ1v) is 10.5. The number of hydrogen-bond donors (Lipinski definition) is 4. The van der Waals surface area contributed by atoms with Crippen LogP contribution in [0.3, 0.4) is 0 Å². The van der Waals surface area contributed by atoms with Gasteiger partial charge in [-0.25, -0.2) is 0 Å². The zero-order chi connectivity index (χ0) is 23.4. The van der Waals surface area contributed by atoms with Crippen molar-refractivity contribution in [3.63, 3.8) is 0 Å². The highest BCUT2D eigenvalue weighted by Crippen LogP contribution is 2.17. The molecule has 0 aliphatic heterocycles. The van der Waals surface area contributed by atoms with Gasteiger partial charge in [-0.15, -0.1) is 0 Å². The van der Waals surface area contributed by atoms with Crippen molar-refractivity contribution in [1.29, 1.82) is 0 Å². The lowest BCUT2D eigenvalue weighted by atomic mass is 10.1. The van der Waals surface area contributed by atoms with Crippen molar-refractivity contribution < 1.29 is 20.4 Å². The van der Waals surface area contributed by atoms with Gasteiger partial charge >= 0.3 is 0 Å². The van der Waals surface area contributed by atoms with Crippen LogP contribution in [0.1, 0.15) is 25.3 Å². The van der Waals surface area contributed by atoms with Gasteiger partial charge in [0.15, 0.2) is 0 Å². The molecule has 0 spiro atoms. The molecular weight excluding hydrogens is 400 g/mol. The fourth-order valence-corrected chi connectivity index (χ4v) is 2.37. The quantitative estimate of drug-likeness (QED) is 0.283. The van der Waals surface area contributed by atoms with Crippen molar-refractivity contribution in [3.05, 3.63) is 121 Å². The molecule has 4 N–H and O–H groups in total. The van der Waals surface area contributed by atoms with Crippen molar-refractivity contribution in [2.75, 3.05) is 0 Å². The van der Waals surface area contributed by atoms with Crippen molar-refractivity contribution >= 4 is 0 Å². The van der Waals surface area contributed by atoms with E-state index in [0.29, 0.717) is 23.0 Å². The Bertz CT molecular complexity index is 853. The summed E-state index contributed by atoms with van der Waals surface area (Å²) in [5.41, 5.74) is 1.06. The smallest absolute Gasteiger partial charge is 0.118 e. The summed E-state index contributed by atoms with van der Waals surface area (Å²) in [5, 5.41) is 35.2. The predicted molar refractivity (Wildman–Crippen MR) is 131 cm³/mol. The van der Waals surface area contributed by atoms with Crippen LogP contribution in [0.25, 0.3) is 0 Å². The average Bonchev–Trinajstić information content (AvgIpc) is 2.81. The number of phenols is 4. The molecular formula is C28H32O4. The zero-order valence-electron chi connectivity index (χ0n) is 18.4. The summed E-state index contributed by atoms with van der Waals surface area (Å²) in [5.74, 6) is 1.40. The number of unbranched alkanes of at least 4 members (excludes halogenated alkanes) is 1. The van der Waals surface area contributed by atoms with E-state index in [1.54, 1.807) is 78.9 Å². The zero-order valence-corrected chi connectivity index (χ0v) is 18.4. The fraction of sp³-hybridized carbons (Fsp3) is 0.143. The largest absolute Gasteiger partial charge is 0.508 e. The second kappa shape index (κ2) is 16.8. The van der Waals surface area contributed by atoms with E-state index in [1.807, 2.05) is 36.4 Å². The fourth-order valence-electron chi connectivity index (χ4n) is 2.37. The van der Waals surface area contributed by atoms with Crippen LogP contribution >= 0.6 is 0 Å². The molecule has 4 nitrogen and oxygen atoms in total. The van der Waals surface area contributed by atoms with Crippen LogP contribution in [0.4, 0.5) is 0 Å². The highest BCUT2D eigenvalue weighted by atomic mass is 16.3. The summed E-state index contributed by atoms with van der Waals surface area (Å²) < 4.78 is 0. The van der Waals surface area contributed by atoms with E-state index in [0.717, 1.165) is 18.4 Å². The van der Waals surface area contributed by atoms with Crippen LogP contribution in [0.2, 0.25) is 0 Å². The second-order valence-corrected chi connectivity index (χ2v) is 6.74. The number of aryl methyl sites for hydroxylation is 1. The number of rotatable bonds is 3. The van der Waals surface area contributed by atoms with Gasteiger partial charge < -0.3 is 20.4 Å². The van der Waals surface area contributed by atoms with Gasteiger partial charge in [0.2, 0.25) is 0 Å². The molecule has 0 aliphatic rings. The average molecular weight is 433 g/mol. The standard InChI is InChI=1S/C10H14O.3C6H6O/c1-2-3-6-9-7-4-5-8-10(9)11;3*7-6-4-2-1-3-5-6/h4-5,7-8,11H,2-3,6H2,1H3;3*1-5,7H. The summed E-state index contributed by atoms with van der Waals surface area (Å²) in [6.07, 6.45) is 3.31. The third-order valence-corrected chi connectivity index (χ3v) is 4.06. The molecule has 168 valence electrons. The minimum atomic E-state index is 0.322. The SMILES string of the molecule is CCCCc1ccccc1O.Oc1ccccc1.Oc1ccccc1.Oc1ccccc1. The maximum Gasteiger partial charge on any atom is 0.118 e. The summed E-state index contributed by atoms with van der Waals surface area (Å²) in [7, 11) is 0. The van der Waals surface area contributed by atoms with E-state index in [4.69, 9.17) is 15.3 Å². The molecule has 0 radical (unpaired) electrons. The van der Waals surface area contributed by atoms with E-state index in [9.17, 15) is 5.11 Å². The van der Waals surface area contributed by atoms with Gasteiger partial charge in [0, 0.05) is 0 Å². The van der Waals surface area contributed by atoms with Gasteiger partial charge in [-0.05, 0) is 60.9 Å². The molecule has 32 heavy (non-hydrogen) atoms. The number of aromatic hydroxyl groups is 4. The minimum absolute atomic E-state index is 0.322. The molecule has 4 aromatic carbocycles. The molecule has 4 aromatic rings. The number of para-hydroxylation sites is 4. The normalized spacial score (nSPS) is 9.03. The van der Waals surface area contributed by atoms with Crippen LogP contribution in [0.15, 0.2) is 115 Å². The first-order chi connectivity index (χ1) is 15.5. The van der Waals surface area contributed by atoms with Gasteiger partial charge in [-0.1, -0.05) is 86.1 Å². The van der Waals surface area contributed by atoms with E-state index >= 15 is 0 Å². The van der Waals surface area contributed by atoms with Crippen molar-refractivity contribution in [2.24, 2.45) is 0 Å². The third kappa shape index (κ3) is 13.3. The Morgan fingerprint density at radius 1 is 0.469 bits per heavy atom. The molecule has 0 aliphatic carbocycles. The van der Waals surface area contributed by atoms with E-state index in [1.165, 1.54) is 6.42 Å². The van der Waals surface area contributed by atoms with Crippen molar-refractivity contribution in [1.82, 2.24) is 0 Å². The molecule has 0 aromatic heterocycles.